The molecule has 2 rings (SSSR count). The predicted molar refractivity (Wildman–Crippen MR) is 79.6 cm³/mol. The summed E-state index contributed by atoms with van der Waals surface area (Å²) in [7, 11) is 0. The van der Waals surface area contributed by atoms with E-state index in [9.17, 15) is 9.59 Å². The lowest BCUT2D eigenvalue weighted by Crippen LogP contribution is -2.22. The molecule has 0 aliphatic carbocycles. The number of rotatable bonds is 5. The van der Waals surface area contributed by atoms with Gasteiger partial charge in [0.25, 0.3) is 5.56 Å². The second-order valence-corrected chi connectivity index (χ2v) is 4.55. The van der Waals surface area contributed by atoms with Gasteiger partial charge >= 0.3 is 5.97 Å². The minimum absolute atomic E-state index is 0.125. The summed E-state index contributed by atoms with van der Waals surface area (Å²) in [5.74, 6) is -0.433. The number of aromatic nitrogens is 2. The Balaban J connectivity index is 2.09. The number of halogens is 1. The maximum absolute atomic E-state index is 11.8. The van der Waals surface area contributed by atoms with Crippen molar-refractivity contribution in [3.05, 3.63) is 57.0 Å². The smallest absolute Gasteiger partial charge is 0.345 e. The Labute approximate surface area is 126 Å². The molecule has 0 saturated heterocycles. The number of anilines is 1. The first-order chi connectivity index (χ1) is 10.1. The Kier molecular flexibility index (Phi) is 4.94. The van der Waals surface area contributed by atoms with Crippen molar-refractivity contribution < 1.29 is 9.53 Å². The normalized spacial score (nSPS) is 10.2. The third kappa shape index (κ3) is 3.82. The molecule has 0 fully saturated rings. The highest BCUT2D eigenvalue weighted by molar-refractivity contribution is 6.31. The Morgan fingerprint density at radius 1 is 1.43 bits per heavy atom. The van der Waals surface area contributed by atoms with Gasteiger partial charge in [-0.15, -0.1) is 0 Å². The first kappa shape index (κ1) is 15.1. The summed E-state index contributed by atoms with van der Waals surface area (Å²) in [5.41, 5.74) is 0.196. The zero-order valence-electron chi connectivity index (χ0n) is 11.4. The van der Waals surface area contributed by atoms with E-state index in [4.69, 9.17) is 16.3 Å². The number of nitrogens with zero attached hydrogens (tertiary/aromatic N) is 1. The first-order valence-corrected chi connectivity index (χ1v) is 6.73. The molecule has 0 atom stereocenters. The van der Waals surface area contributed by atoms with Gasteiger partial charge in [-0.05, 0) is 18.6 Å². The highest BCUT2D eigenvalue weighted by atomic mass is 35.5. The van der Waals surface area contributed by atoms with Crippen LogP contribution in [0.25, 0.3) is 0 Å². The van der Waals surface area contributed by atoms with E-state index in [2.05, 4.69) is 15.3 Å². The molecule has 110 valence electrons. The molecule has 0 amide bonds. The third-order valence-corrected chi connectivity index (χ3v) is 3.07. The molecule has 0 spiro atoms. The van der Waals surface area contributed by atoms with Gasteiger partial charge in [0.15, 0.2) is 0 Å². The van der Waals surface area contributed by atoms with Crippen molar-refractivity contribution >= 4 is 23.5 Å². The molecule has 0 saturated carbocycles. The number of benzene rings is 1. The van der Waals surface area contributed by atoms with Gasteiger partial charge < -0.3 is 10.1 Å². The van der Waals surface area contributed by atoms with E-state index in [1.54, 1.807) is 13.0 Å². The summed E-state index contributed by atoms with van der Waals surface area (Å²) in [6.07, 6.45) is 1.19. The average molecular weight is 308 g/mol. The zero-order valence-corrected chi connectivity index (χ0v) is 12.1. The molecule has 0 unspecified atom stereocenters. The fourth-order valence-electron chi connectivity index (χ4n) is 1.66. The van der Waals surface area contributed by atoms with Crippen molar-refractivity contribution in [2.75, 3.05) is 11.9 Å². The van der Waals surface area contributed by atoms with E-state index in [1.165, 1.54) is 6.20 Å². The fourth-order valence-corrected chi connectivity index (χ4v) is 1.86. The lowest BCUT2D eigenvalue weighted by Gasteiger charge is -2.07. The summed E-state index contributed by atoms with van der Waals surface area (Å²) in [4.78, 5) is 29.7. The molecule has 1 heterocycles. The molecule has 2 N–H and O–H groups in total. The molecule has 6 nitrogen and oxygen atoms in total. The maximum atomic E-state index is 11.8. The molecule has 1 aromatic heterocycles. The quantitative estimate of drug-likeness (QED) is 0.827. The summed E-state index contributed by atoms with van der Waals surface area (Å²) in [5, 5.41) is 3.56. The molecule has 0 bridgehead atoms. The number of H-pyrrole nitrogens is 1. The zero-order chi connectivity index (χ0) is 15.2. The van der Waals surface area contributed by atoms with E-state index < -0.39 is 11.5 Å². The number of ether oxygens (including phenoxy) is 1. The van der Waals surface area contributed by atoms with E-state index in [-0.39, 0.29) is 18.1 Å². The van der Waals surface area contributed by atoms with Crippen LogP contribution in [0.3, 0.4) is 0 Å². The maximum Gasteiger partial charge on any atom is 0.345 e. The fraction of sp³-hybridized carbons (Fsp3) is 0.214. The number of esters is 1. The lowest BCUT2D eigenvalue weighted by atomic mass is 10.2. The van der Waals surface area contributed by atoms with Gasteiger partial charge in [-0.2, -0.15) is 0 Å². The van der Waals surface area contributed by atoms with Crippen LogP contribution in [-0.4, -0.2) is 22.5 Å². The summed E-state index contributed by atoms with van der Waals surface area (Å²) in [6.45, 7) is 2.27. The summed E-state index contributed by atoms with van der Waals surface area (Å²) >= 11 is 6.03. The number of hydrogen-bond donors (Lipinski definition) is 2. The van der Waals surface area contributed by atoms with Gasteiger partial charge in [0.1, 0.15) is 5.56 Å². The van der Waals surface area contributed by atoms with Gasteiger partial charge in [0.2, 0.25) is 5.95 Å². The summed E-state index contributed by atoms with van der Waals surface area (Å²) < 4.78 is 4.76. The van der Waals surface area contributed by atoms with Crippen LogP contribution < -0.4 is 10.9 Å². The van der Waals surface area contributed by atoms with Gasteiger partial charge in [0.05, 0.1) is 12.8 Å². The second-order valence-electron chi connectivity index (χ2n) is 4.14. The monoisotopic (exact) mass is 307 g/mol. The van der Waals surface area contributed by atoms with E-state index in [1.807, 2.05) is 18.2 Å². The Morgan fingerprint density at radius 3 is 2.86 bits per heavy atom. The Morgan fingerprint density at radius 2 is 2.19 bits per heavy atom. The standard InChI is InChI=1S/C14H14ClN3O3/c1-2-21-13(20)10-8-17-14(18-12(10)19)16-7-9-5-3-4-6-11(9)15/h3-6,8H,2,7H2,1H3,(H2,16,17,18,19). The van der Waals surface area contributed by atoms with Crippen LogP contribution in [0, 0.1) is 0 Å². The van der Waals surface area contributed by atoms with Crippen LogP contribution in [0.1, 0.15) is 22.8 Å². The molecule has 0 aliphatic rings. The molecular formula is C14H14ClN3O3. The van der Waals surface area contributed by atoms with Crippen molar-refractivity contribution in [3.8, 4) is 0 Å². The third-order valence-electron chi connectivity index (χ3n) is 2.70. The van der Waals surface area contributed by atoms with E-state index >= 15 is 0 Å². The SMILES string of the molecule is CCOC(=O)c1cnc(NCc2ccccc2Cl)[nH]c1=O. The lowest BCUT2D eigenvalue weighted by molar-refractivity contribution is 0.0524. The van der Waals surface area contributed by atoms with Crippen molar-refractivity contribution in [2.45, 2.75) is 13.5 Å². The van der Waals surface area contributed by atoms with E-state index in [0.29, 0.717) is 11.6 Å². The van der Waals surface area contributed by atoms with Crippen LogP contribution in [0.15, 0.2) is 35.3 Å². The van der Waals surface area contributed by atoms with Crippen LogP contribution >= 0.6 is 11.6 Å². The van der Waals surface area contributed by atoms with Gasteiger partial charge in [-0.3, -0.25) is 9.78 Å². The average Bonchev–Trinajstić information content (AvgIpc) is 2.46. The van der Waals surface area contributed by atoms with Gasteiger partial charge in [-0.1, -0.05) is 29.8 Å². The second kappa shape index (κ2) is 6.90. The first-order valence-electron chi connectivity index (χ1n) is 6.35. The highest BCUT2D eigenvalue weighted by Gasteiger charge is 2.12. The van der Waals surface area contributed by atoms with Crippen LogP contribution in [0.2, 0.25) is 5.02 Å². The van der Waals surface area contributed by atoms with Crippen molar-refractivity contribution in [1.29, 1.82) is 0 Å². The number of nitrogens with one attached hydrogen (secondary N) is 2. The molecule has 2 aromatic rings. The Hall–Kier alpha value is -2.34. The predicted octanol–water partition coefficient (Wildman–Crippen LogP) is 2.21. The van der Waals surface area contributed by atoms with E-state index in [0.717, 1.165) is 5.56 Å². The highest BCUT2D eigenvalue weighted by Crippen LogP contribution is 2.15. The van der Waals surface area contributed by atoms with Crippen molar-refractivity contribution in [1.82, 2.24) is 9.97 Å². The molecule has 7 heteroatoms. The minimum Gasteiger partial charge on any atom is -0.462 e. The van der Waals surface area contributed by atoms with Gasteiger partial charge in [-0.25, -0.2) is 9.78 Å². The number of carbonyl (C=O) groups is 1. The largest absolute Gasteiger partial charge is 0.462 e. The topological polar surface area (TPSA) is 84.1 Å². The number of hydrogen-bond acceptors (Lipinski definition) is 5. The number of aromatic amines is 1. The molecule has 1 aromatic carbocycles. The van der Waals surface area contributed by atoms with Crippen LogP contribution in [0.5, 0.6) is 0 Å². The molecular weight excluding hydrogens is 294 g/mol. The molecule has 0 aliphatic heterocycles. The van der Waals surface area contributed by atoms with Crippen molar-refractivity contribution in [2.24, 2.45) is 0 Å². The molecule has 21 heavy (non-hydrogen) atoms. The molecule has 0 radical (unpaired) electrons. The van der Waals surface area contributed by atoms with Crippen LogP contribution in [-0.2, 0) is 11.3 Å². The van der Waals surface area contributed by atoms with Gasteiger partial charge in [0, 0.05) is 11.6 Å². The van der Waals surface area contributed by atoms with Crippen molar-refractivity contribution in [3.63, 3.8) is 0 Å². The minimum atomic E-state index is -0.691. The Bertz CT molecular complexity index is 700. The number of carbonyl (C=O) groups excluding carboxylic acids is 1. The summed E-state index contributed by atoms with van der Waals surface area (Å²) in [6, 6.07) is 7.34. The van der Waals surface area contributed by atoms with Crippen LogP contribution in [0.4, 0.5) is 5.95 Å².